The van der Waals surface area contributed by atoms with Gasteiger partial charge in [0.1, 0.15) is 12.2 Å². The van der Waals surface area contributed by atoms with Crippen LogP contribution in [0.2, 0.25) is 0 Å². The standard InChI is InChI=1S/C26H24N2O3S/c1-31-26(30)22(17-32)27-24-16-15-19-11-5-8-14-23(19)28(24)25(29)21-13-7-6-12-20(21)18-9-3-2-4-10-18/h2-16,22,24,27,32H,17H2,1H3/t22?,24-/m0/s1. The van der Waals surface area contributed by atoms with E-state index in [9.17, 15) is 9.59 Å². The van der Waals surface area contributed by atoms with E-state index in [4.69, 9.17) is 4.74 Å². The molecule has 1 N–H and O–H groups in total. The lowest BCUT2D eigenvalue weighted by Crippen LogP contribution is -2.55. The Balaban J connectivity index is 1.77. The van der Waals surface area contributed by atoms with Crippen LogP contribution in [0.25, 0.3) is 17.2 Å². The van der Waals surface area contributed by atoms with E-state index in [0.717, 1.165) is 22.4 Å². The van der Waals surface area contributed by atoms with Gasteiger partial charge in [0.05, 0.1) is 12.8 Å². The highest BCUT2D eigenvalue weighted by Gasteiger charge is 2.32. The molecule has 2 atom stereocenters. The number of esters is 1. The summed E-state index contributed by atoms with van der Waals surface area (Å²) in [5.41, 5.74) is 4.09. The van der Waals surface area contributed by atoms with Gasteiger partial charge in [0.15, 0.2) is 0 Å². The Morgan fingerprint density at radius 1 is 1.00 bits per heavy atom. The number of carbonyl (C=O) groups is 2. The van der Waals surface area contributed by atoms with Crippen LogP contribution in [-0.2, 0) is 9.53 Å². The fourth-order valence-electron chi connectivity index (χ4n) is 3.86. The van der Waals surface area contributed by atoms with Crippen LogP contribution in [0.15, 0.2) is 84.9 Å². The first-order valence-corrected chi connectivity index (χ1v) is 11.0. The van der Waals surface area contributed by atoms with Crippen molar-refractivity contribution in [1.29, 1.82) is 0 Å². The Labute approximate surface area is 193 Å². The van der Waals surface area contributed by atoms with Crippen molar-refractivity contribution in [3.8, 4) is 11.1 Å². The van der Waals surface area contributed by atoms with Crippen molar-refractivity contribution in [2.45, 2.75) is 12.2 Å². The van der Waals surface area contributed by atoms with E-state index < -0.39 is 18.2 Å². The number of methoxy groups -OCH3 is 1. The summed E-state index contributed by atoms with van der Waals surface area (Å²) in [4.78, 5) is 27.9. The van der Waals surface area contributed by atoms with E-state index >= 15 is 0 Å². The second kappa shape index (κ2) is 9.85. The lowest BCUT2D eigenvalue weighted by Gasteiger charge is -2.36. The van der Waals surface area contributed by atoms with Gasteiger partial charge in [0, 0.05) is 11.3 Å². The summed E-state index contributed by atoms with van der Waals surface area (Å²) >= 11 is 4.29. The summed E-state index contributed by atoms with van der Waals surface area (Å²) in [7, 11) is 1.34. The molecular formula is C26H24N2O3S. The van der Waals surface area contributed by atoms with Gasteiger partial charge in [-0.15, -0.1) is 0 Å². The highest BCUT2D eigenvalue weighted by atomic mass is 32.1. The fraction of sp³-hybridized carbons (Fsp3) is 0.154. The number of nitrogens with zero attached hydrogens (tertiary/aromatic N) is 1. The van der Waals surface area contributed by atoms with Gasteiger partial charge in [0.25, 0.3) is 5.91 Å². The smallest absolute Gasteiger partial charge is 0.323 e. The Kier molecular flexibility index (Phi) is 6.73. The van der Waals surface area contributed by atoms with Crippen LogP contribution < -0.4 is 10.2 Å². The van der Waals surface area contributed by atoms with Crippen LogP contribution in [0.4, 0.5) is 5.69 Å². The average molecular weight is 445 g/mol. The molecule has 3 aromatic carbocycles. The first-order chi connectivity index (χ1) is 15.6. The maximum atomic E-state index is 14.0. The summed E-state index contributed by atoms with van der Waals surface area (Å²) in [5, 5.41) is 3.22. The largest absolute Gasteiger partial charge is 0.468 e. The molecular weight excluding hydrogens is 420 g/mol. The van der Waals surface area contributed by atoms with Gasteiger partial charge in [0.2, 0.25) is 0 Å². The zero-order chi connectivity index (χ0) is 22.5. The van der Waals surface area contributed by atoms with E-state index in [1.807, 2.05) is 91.0 Å². The molecule has 0 bridgehead atoms. The number of hydrogen-bond acceptors (Lipinski definition) is 5. The zero-order valence-corrected chi connectivity index (χ0v) is 18.5. The van der Waals surface area contributed by atoms with E-state index in [-0.39, 0.29) is 11.7 Å². The van der Waals surface area contributed by atoms with Gasteiger partial charge < -0.3 is 4.74 Å². The Morgan fingerprint density at radius 3 is 2.44 bits per heavy atom. The summed E-state index contributed by atoms with van der Waals surface area (Å²) in [6, 6.07) is 24.4. The molecule has 6 heteroatoms. The third kappa shape index (κ3) is 4.33. The number of nitrogens with one attached hydrogen (secondary N) is 1. The number of thiol groups is 1. The lowest BCUT2D eigenvalue weighted by atomic mass is 9.97. The number of benzene rings is 3. The van der Waals surface area contributed by atoms with Crippen molar-refractivity contribution < 1.29 is 14.3 Å². The van der Waals surface area contributed by atoms with Crippen molar-refractivity contribution >= 4 is 36.3 Å². The molecule has 0 saturated heterocycles. The van der Waals surface area contributed by atoms with E-state index in [0.29, 0.717) is 5.56 Å². The molecule has 1 heterocycles. The van der Waals surface area contributed by atoms with Crippen molar-refractivity contribution in [3.05, 3.63) is 96.1 Å². The number of carbonyl (C=O) groups excluding carboxylic acids is 2. The molecule has 0 radical (unpaired) electrons. The Morgan fingerprint density at radius 2 is 1.69 bits per heavy atom. The second-order valence-corrected chi connectivity index (χ2v) is 7.74. The number of amides is 1. The van der Waals surface area contributed by atoms with E-state index in [2.05, 4.69) is 17.9 Å². The lowest BCUT2D eigenvalue weighted by molar-refractivity contribution is -0.142. The monoisotopic (exact) mass is 444 g/mol. The minimum Gasteiger partial charge on any atom is -0.468 e. The predicted octanol–water partition coefficient (Wildman–Crippen LogP) is 4.41. The molecule has 4 rings (SSSR count). The zero-order valence-electron chi connectivity index (χ0n) is 17.6. The maximum Gasteiger partial charge on any atom is 0.323 e. The highest BCUT2D eigenvalue weighted by Crippen LogP contribution is 2.32. The van der Waals surface area contributed by atoms with Crippen LogP contribution >= 0.6 is 12.6 Å². The summed E-state index contributed by atoms with van der Waals surface area (Å²) in [6.07, 6.45) is 3.29. The van der Waals surface area contributed by atoms with Crippen LogP contribution in [0.3, 0.4) is 0 Å². The van der Waals surface area contributed by atoms with Crippen molar-refractivity contribution in [2.24, 2.45) is 0 Å². The molecule has 0 spiro atoms. The first kappa shape index (κ1) is 21.9. The van der Waals surface area contributed by atoms with Crippen molar-refractivity contribution in [1.82, 2.24) is 5.32 Å². The number of fused-ring (bicyclic) bond motifs is 1. The van der Waals surface area contributed by atoms with E-state index in [1.165, 1.54) is 7.11 Å². The Bertz CT molecular complexity index is 1150. The highest BCUT2D eigenvalue weighted by molar-refractivity contribution is 7.80. The first-order valence-electron chi connectivity index (χ1n) is 10.3. The molecule has 0 aromatic heterocycles. The van der Waals surface area contributed by atoms with Crippen LogP contribution in [0, 0.1) is 0 Å². The third-order valence-corrected chi connectivity index (χ3v) is 5.80. The third-order valence-electron chi connectivity index (χ3n) is 5.43. The minimum absolute atomic E-state index is 0.165. The molecule has 32 heavy (non-hydrogen) atoms. The van der Waals surface area contributed by atoms with Gasteiger partial charge in [-0.1, -0.05) is 72.8 Å². The van der Waals surface area contributed by atoms with Gasteiger partial charge in [-0.2, -0.15) is 12.6 Å². The van der Waals surface area contributed by atoms with Crippen LogP contribution in [0.1, 0.15) is 15.9 Å². The number of para-hydroxylation sites is 1. The SMILES string of the molecule is COC(=O)C(CS)N[C@@H]1C=Cc2ccccc2N1C(=O)c1ccccc1-c1ccccc1. The summed E-state index contributed by atoms with van der Waals surface area (Å²) < 4.78 is 4.89. The molecule has 0 saturated carbocycles. The minimum atomic E-state index is -0.664. The van der Waals surface area contributed by atoms with Gasteiger partial charge in [-0.25, -0.2) is 0 Å². The normalized spacial score (nSPS) is 15.7. The van der Waals surface area contributed by atoms with E-state index in [1.54, 1.807) is 4.90 Å². The molecule has 0 fully saturated rings. The number of rotatable bonds is 6. The molecule has 3 aromatic rings. The molecule has 0 aliphatic carbocycles. The van der Waals surface area contributed by atoms with Crippen molar-refractivity contribution in [3.63, 3.8) is 0 Å². The van der Waals surface area contributed by atoms with Gasteiger partial charge in [-0.3, -0.25) is 19.8 Å². The van der Waals surface area contributed by atoms with Crippen molar-refractivity contribution in [2.75, 3.05) is 17.8 Å². The Hall–Kier alpha value is -3.35. The van der Waals surface area contributed by atoms with Gasteiger partial charge in [-0.05, 0) is 34.9 Å². The van der Waals surface area contributed by atoms with Crippen LogP contribution in [-0.4, -0.2) is 36.9 Å². The maximum absolute atomic E-state index is 14.0. The predicted molar refractivity (Wildman–Crippen MR) is 131 cm³/mol. The fourth-order valence-corrected chi connectivity index (χ4v) is 4.11. The summed E-state index contributed by atoms with van der Waals surface area (Å²) in [6.45, 7) is 0. The molecule has 162 valence electrons. The second-order valence-electron chi connectivity index (χ2n) is 7.37. The van der Waals surface area contributed by atoms with Crippen LogP contribution in [0.5, 0.6) is 0 Å². The average Bonchev–Trinajstić information content (AvgIpc) is 2.86. The molecule has 1 aliphatic rings. The molecule has 1 amide bonds. The summed E-state index contributed by atoms with van der Waals surface area (Å²) in [5.74, 6) is -0.354. The number of hydrogen-bond donors (Lipinski definition) is 2. The quantitative estimate of drug-likeness (QED) is 0.437. The molecule has 5 nitrogen and oxygen atoms in total. The molecule has 1 aliphatic heterocycles. The van der Waals surface area contributed by atoms with Gasteiger partial charge >= 0.3 is 5.97 Å². The molecule has 1 unspecified atom stereocenters. The topological polar surface area (TPSA) is 58.6 Å². The number of ether oxygens (including phenoxy) is 1. The number of anilines is 1.